The minimum atomic E-state index is -1.21. The van der Waals surface area contributed by atoms with E-state index < -0.39 is 45.7 Å². The number of benzene rings is 2. The van der Waals surface area contributed by atoms with Crippen molar-refractivity contribution in [1.82, 2.24) is 5.32 Å². The van der Waals surface area contributed by atoms with Crippen molar-refractivity contribution < 1.29 is 22.9 Å². The lowest BCUT2D eigenvalue weighted by Gasteiger charge is -2.18. The Kier molecular flexibility index (Phi) is 5.44. The third-order valence-corrected chi connectivity index (χ3v) is 3.97. The fourth-order valence-corrected chi connectivity index (χ4v) is 2.90. The van der Waals surface area contributed by atoms with Gasteiger partial charge in [-0.1, -0.05) is 30.3 Å². The summed E-state index contributed by atoms with van der Waals surface area (Å²) < 4.78 is 38.3. The van der Waals surface area contributed by atoms with Gasteiger partial charge in [-0.3, -0.25) is 9.00 Å². The third-order valence-electron chi connectivity index (χ3n) is 3.17. The quantitative estimate of drug-likeness (QED) is 0.880. The molecular weight excluding hydrogens is 324 g/mol. The van der Waals surface area contributed by atoms with Crippen LogP contribution in [0.4, 0.5) is 8.78 Å². The summed E-state index contributed by atoms with van der Waals surface area (Å²) in [6, 6.07) is 9.32. The maximum atomic E-state index is 13.8. The lowest BCUT2D eigenvalue weighted by molar-refractivity contribution is 0.0933. The Morgan fingerprint density at radius 2 is 1.91 bits per heavy atom. The fraction of sp³-hybridized carbons (Fsp3) is 0.188. The van der Waals surface area contributed by atoms with Gasteiger partial charge in [0.1, 0.15) is 22.9 Å². The Bertz CT molecular complexity index is 714. The van der Waals surface area contributed by atoms with Crippen molar-refractivity contribution >= 4 is 16.7 Å². The molecule has 0 aromatic heterocycles. The molecule has 0 heterocycles. The summed E-state index contributed by atoms with van der Waals surface area (Å²) in [5.74, 6) is -3.71. The molecule has 2 aromatic carbocycles. The van der Waals surface area contributed by atoms with Gasteiger partial charge in [0, 0.05) is 34.9 Å². The number of halogens is 2. The average Bonchev–Trinajstić information content (AvgIpc) is 2.46. The summed E-state index contributed by atoms with van der Waals surface area (Å²) in [7, 11) is -1.21. The molecule has 0 aliphatic carbocycles. The lowest BCUT2D eigenvalue weighted by atomic mass is 10.1. The number of phenols is 1. The molecule has 0 saturated heterocycles. The zero-order valence-corrected chi connectivity index (χ0v) is 13.1. The highest BCUT2D eigenvalue weighted by Crippen LogP contribution is 2.23. The van der Waals surface area contributed by atoms with Crippen molar-refractivity contribution in [3.63, 3.8) is 0 Å². The number of hydrogen-bond donors (Lipinski definition) is 2. The number of carbonyl (C=O) groups is 1. The second kappa shape index (κ2) is 7.32. The first-order valence-corrected chi connectivity index (χ1v) is 8.45. The van der Waals surface area contributed by atoms with Gasteiger partial charge in [0.05, 0.1) is 6.04 Å². The summed E-state index contributed by atoms with van der Waals surface area (Å²) in [6.45, 7) is 0. The first kappa shape index (κ1) is 17.1. The monoisotopic (exact) mass is 339 g/mol. The van der Waals surface area contributed by atoms with Gasteiger partial charge in [0.15, 0.2) is 0 Å². The Morgan fingerprint density at radius 3 is 2.48 bits per heavy atom. The molecule has 2 aromatic rings. The van der Waals surface area contributed by atoms with E-state index in [1.165, 1.54) is 6.26 Å². The molecule has 2 atom stereocenters. The van der Waals surface area contributed by atoms with Crippen LogP contribution in [0.5, 0.6) is 5.75 Å². The lowest BCUT2D eigenvalue weighted by Crippen LogP contribution is -2.32. The molecule has 0 fully saturated rings. The zero-order chi connectivity index (χ0) is 17.0. The Labute approximate surface area is 134 Å². The van der Waals surface area contributed by atoms with Crippen LogP contribution >= 0.6 is 0 Å². The van der Waals surface area contributed by atoms with Crippen LogP contribution in [0.25, 0.3) is 0 Å². The highest BCUT2D eigenvalue weighted by atomic mass is 32.2. The summed E-state index contributed by atoms with van der Waals surface area (Å²) in [5, 5.41) is 12.1. The largest absolute Gasteiger partial charge is 0.507 e. The van der Waals surface area contributed by atoms with E-state index in [-0.39, 0.29) is 5.75 Å². The molecule has 0 spiro atoms. The fourth-order valence-electron chi connectivity index (χ4n) is 2.16. The topological polar surface area (TPSA) is 66.4 Å². The minimum absolute atomic E-state index is 0.124. The van der Waals surface area contributed by atoms with E-state index in [0.717, 1.165) is 0 Å². The average molecular weight is 339 g/mol. The van der Waals surface area contributed by atoms with Gasteiger partial charge < -0.3 is 10.4 Å². The first-order chi connectivity index (χ1) is 10.9. The SMILES string of the molecule is C[S@@](=O)C[C@H](NC(=O)c1c(O)cc(F)cc1F)c1ccccc1. The second-order valence-electron chi connectivity index (χ2n) is 4.96. The Morgan fingerprint density at radius 1 is 1.26 bits per heavy atom. The van der Waals surface area contributed by atoms with Gasteiger partial charge in [-0.2, -0.15) is 0 Å². The number of phenolic OH excluding ortho intramolecular Hbond substituents is 1. The number of nitrogens with one attached hydrogen (secondary N) is 1. The number of rotatable bonds is 5. The molecule has 0 saturated carbocycles. The molecule has 0 aliphatic rings. The van der Waals surface area contributed by atoms with Crippen LogP contribution in [0.2, 0.25) is 0 Å². The van der Waals surface area contributed by atoms with Crippen molar-refractivity contribution in [3.8, 4) is 5.75 Å². The Balaban J connectivity index is 2.30. The highest BCUT2D eigenvalue weighted by Gasteiger charge is 2.22. The van der Waals surface area contributed by atoms with Crippen LogP contribution in [0.3, 0.4) is 0 Å². The smallest absolute Gasteiger partial charge is 0.258 e. The van der Waals surface area contributed by atoms with Gasteiger partial charge in [0.25, 0.3) is 5.91 Å². The standard InChI is InChI=1S/C16H15F2NO3S/c1-23(22)9-13(10-5-3-2-4-6-10)19-16(21)15-12(18)7-11(17)8-14(15)20/h2-8,13,20H,9H2,1H3,(H,19,21)/t13-,23+/m0/s1. The van der Waals surface area contributed by atoms with Crippen LogP contribution in [-0.2, 0) is 10.8 Å². The molecule has 0 aliphatic heterocycles. The van der Waals surface area contributed by atoms with Gasteiger partial charge in [-0.15, -0.1) is 0 Å². The van der Waals surface area contributed by atoms with Crippen molar-refractivity contribution in [3.05, 3.63) is 65.2 Å². The van der Waals surface area contributed by atoms with E-state index in [9.17, 15) is 22.9 Å². The zero-order valence-electron chi connectivity index (χ0n) is 12.3. The van der Waals surface area contributed by atoms with Crippen molar-refractivity contribution in [2.24, 2.45) is 0 Å². The maximum Gasteiger partial charge on any atom is 0.258 e. The maximum absolute atomic E-state index is 13.8. The van der Waals surface area contributed by atoms with Gasteiger partial charge in [-0.25, -0.2) is 8.78 Å². The van der Waals surface area contributed by atoms with Crippen molar-refractivity contribution in [2.45, 2.75) is 6.04 Å². The van der Waals surface area contributed by atoms with Gasteiger partial charge >= 0.3 is 0 Å². The number of aromatic hydroxyl groups is 1. The molecular formula is C16H15F2NO3S. The summed E-state index contributed by atoms with van der Waals surface area (Å²) in [6.07, 6.45) is 1.48. The molecule has 23 heavy (non-hydrogen) atoms. The van der Waals surface area contributed by atoms with Crippen LogP contribution in [0, 0.1) is 11.6 Å². The summed E-state index contributed by atoms with van der Waals surface area (Å²) >= 11 is 0. The molecule has 1 amide bonds. The molecule has 0 radical (unpaired) electrons. The predicted molar refractivity (Wildman–Crippen MR) is 83.6 cm³/mol. The van der Waals surface area contributed by atoms with Crippen molar-refractivity contribution in [1.29, 1.82) is 0 Å². The number of amides is 1. The molecule has 2 rings (SSSR count). The molecule has 0 bridgehead atoms. The van der Waals surface area contributed by atoms with E-state index >= 15 is 0 Å². The number of carbonyl (C=O) groups excluding carboxylic acids is 1. The number of hydrogen-bond acceptors (Lipinski definition) is 3. The summed E-state index contributed by atoms with van der Waals surface area (Å²) in [5.41, 5.74) is 0.0484. The van der Waals surface area contributed by atoms with Gasteiger partial charge in [-0.05, 0) is 5.56 Å². The second-order valence-corrected chi connectivity index (χ2v) is 6.44. The van der Waals surface area contributed by atoms with E-state index in [0.29, 0.717) is 17.7 Å². The van der Waals surface area contributed by atoms with E-state index in [1.54, 1.807) is 30.3 Å². The molecule has 4 nitrogen and oxygen atoms in total. The van der Waals surface area contributed by atoms with Crippen LogP contribution in [0.15, 0.2) is 42.5 Å². The molecule has 0 unspecified atom stereocenters. The van der Waals surface area contributed by atoms with Crippen LogP contribution in [-0.4, -0.2) is 27.2 Å². The third kappa shape index (κ3) is 4.35. The molecule has 122 valence electrons. The van der Waals surface area contributed by atoms with E-state index in [1.807, 2.05) is 0 Å². The highest BCUT2D eigenvalue weighted by molar-refractivity contribution is 7.84. The Hall–Kier alpha value is -2.28. The van der Waals surface area contributed by atoms with E-state index in [4.69, 9.17) is 0 Å². The summed E-state index contributed by atoms with van der Waals surface area (Å²) in [4.78, 5) is 12.2. The minimum Gasteiger partial charge on any atom is -0.507 e. The first-order valence-electron chi connectivity index (χ1n) is 6.72. The van der Waals surface area contributed by atoms with E-state index in [2.05, 4.69) is 5.32 Å². The normalized spacial score (nSPS) is 13.3. The molecule has 2 N–H and O–H groups in total. The predicted octanol–water partition coefficient (Wildman–Crippen LogP) is 2.52. The van der Waals surface area contributed by atoms with Crippen LogP contribution in [0.1, 0.15) is 22.0 Å². The van der Waals surface area contributed by atoms with Gasteiger partial charge in [0.2, 0.25) is 0 Å². The molecule has 7 heteroatoms. The van der Waals surface area contributed by atoms with Crippen LogP contribution < -0.4 is 5.32 Å². The van der Waals surface area contributed by atoms with Crippen molar-refractivity contribution in [2.75, 3.05) is 12.0 Å².